The zero-order valence-electron chi connectivity index (χ0n) is 18.6. The maximum atomic E-state index is 12.9. The van der Waals surface area contributed by atoms with E-state index in [2.05, 4.69) is 40.0 Å². The van der Waals surface area contributed by atoms with Gasteiger partial charge in [-0.3, -0.25) is 9.59 Å². The summed E-state index contributed by atoms with van der Waals surface area (Å²) < 4.78 is 2.17. The summed E-state index contributed by atoms with van der Waals surface area (Å²) in [5, 5.41) is 4.16. The largest absolute Gasteiger partial charge is 0.350 e. The molecule has 1 aliphatic heterocycles. The number of para-hydroxylation sites is 1. The summed E-state index contributed by atoms with van der Waals surface area (Å²) in [6, 6.07) is 17.9. The molecule has 1 fully saturated rings. The van der Waals surface area contributed by atoms with E-state index in [-0.39, 0.29) is 11.8 Å². The molecular weight excluding hydrogens is 418 g/mol. The zero-order valence-corrected chi connectivity index (χ0v) is 19.4. The first-order valence-corrected chi connectivity index (χ1v) is 12.5. The van der Waals surface area contributed by atoms with Gasteiger partial charge in [-0.1, -0.05) is 43.3 Å². The zero-order chi connectivity index (χ0) is 22.3. The predicted octanol–water partition coefficient (Wildman–Crippen LogP) is 4.95. The van der Waals surface area contributed by atoms with Crippen LogP contribution in [0.2, 0.25) is 0 Å². The highest BCUT2D eigenvalue weighted by molar-refractivity contribution is 8.00. The first-order valence-electron chi connectivity index (χ1n) is 11.5. The molecule has 0 spiro atoms. The fraction of sp³-hybridized carbons (Fsp3) is 0.385. The Morgan fingerprint density at radius 2 is 1.84 bits per heavy atom. The Morgan fingerprint density at radius 3 is 2.66 bits per heavy atom. The quantitative estimate of drug-likeness (QED) is 0.495. The van der Waals surface area contributed by atoms with E-state index < -0.39 is 0 Å². The minimum Gasteiger partial charge on any atom is -0.350 e. The van der Waals surface area contributed by atoms with E-state index in [4.69, 9.17) is 0 Å². The minimum atomic E-state index is -0.0609. The number of amides is 2. The molecule has 1 aliphatic rings. The second-order valence-corrected chi connectivity index (χ2v) is 9.28. The van der Waals surface area contributed by atoms with Crippen LogP contribution in [0.4, 0.5) is 0 Å². The Morgan fingerprint density at radius 1 is 1.06 bits per heavy atom. The van der Waals surface area contributed by atoms with Gasteiger partial charge in [0.2, 0.25) is 5.91 Å². The van der Waals surface area contributed by atoms with Crippen LogP contribution >= 0.6 is 11.8 Å². The highest BCUT2D eigenvalue weighted by Crippen LogP contribution is 2.31. The van der Waals surface area contributed by atoms with Crippen molar-refractivity contribution in [3.63, 3.8) is 0 Å². The van der Waals surface area contributed by atoms with Gasteiger partial charge in [0.25, 0.3) is 5.91 Å². The van der Waals surface area contributed by atoms with Gasteiger partial charge in [-0.05, 0) is 43.9 Å². The molecule has 0 aliphatic carbocycles. The van der Waals surface area contributed by atoms with Crippen LogP contribution in [-0.2, 0) is 11.3 Å². The fourth-order valence-corrected chi connectivity index (χ4v) is 5.45. The standard InChI is InChI=1S/C26H31N3O2S/c1-2-21-12-8-9-16-29(21)25(30)19-32-24-18-28(23-14-7-6-13-22(23)24)17-15-27-26(31)20-10-4-3-5-11-20/h3-7,10-11,13-14,18,21H,2,8-9,12,15-17,19H2,1H3,(H,27,31). The van der Waals surface area contributed by atoms with Gasteiger partial charge in [0.15, 0.2) is 0 Å². The molecule has 1 aromatic heterocycles. The van der Waals surface area contributed by atoms with Gasteiger partial charge in [0.1, 0.15) is 0 Å². The van der Waals surface area contributed by atoms with Crippen LogP contribution in [0.25, 0.3) is 10.9 Å². The number of fused-ring (bicyclic) bond motifs is 1. The fourth-order valence-electron chi connectivity index (χ4n) is 4.47. The first kappa shape index (κ1) is 22.5. The van der Waals surface area contributed by atoms with Gasteiger partial charge in [0, 0.05) is 53.2 Å². The van der Waals surface area contributed by atoms with Gasteiger partial charge in [-0.15, -0.1) is 11.8 Å². The summed E-state index contributed by atoms with van der Waals surface area (Å²) in [7, 11) is 0. The monoisotopic (exact) mass is 449 g/mol. The molecule has 2 amide bonds. The van der Waals surface area contributed by atoms with Crippen molar-refractivity contribution < 1.29 is 9.59 Å². The van der Waals surface area contributed by atoms with Gasteiger partial charge in [-0.2, -0.15) is 0 Å². The van der Waals surface area contributed by atoms with Crippen LogP contribution in [-0.4, -0.2) is 46.2 Å². The molecule has 5 nitrogen and oxygen atoms in total. The molecule has 3 aromatic rings. The topological polar surface area (TPSA) is 54.3 Å². The van der Waals surface area contributed by atoms with E-state index in [1.165, 1.54) is 6.42 Å². The van der Waals surface area contributed by atoms with Crippen molar-refractivity contribution >= 4 is 34.5 Å². The van der Waals surface area contributed by atoms with Crippen LogP contribution in [0.3, 0.4) is 0 Å². The second kappa shape index (κ2) is 10.7. The Hall–Kier alpha value is -2.73. The molecule has 1 N–H and O–H groups in total. The Balaban J connectivity index is 1.40. The number of carbonyl (C=O) groups is 2. The van der Waals surface area contributed by atoms with Crippen molar-refractivity contribution in [2.24, 2.45) is 0 Å². The van der Waals surface area contributed by atoms with Crippen molar-refractivity contribution in [1.29, 1.82) is 0 Å². The van der Waals surface area contributed by atoms with Crippen molar-refractivity contribution in [3.05, 3.63) is 66.4 Å². The van der Waals surface area contributed by atoms with E-state index in [0.29, 0.717) is 30.4 Å². The predicted molar refractivity (Wildman–Crippen MR) is 131 cm³/mol. The SMILES string of the molecule is CCC1CCCCN1C(=O)CSc1cn(CCNC(=O)c2ccccc2)c2ccccc12. The summed E-state index contributed by atoms with van der Waals surface area (Å²) in [5.74, 6) is 0.651. The van der Waals surface area contributed by atoms with E-state index in [1.54, 1.807) is 11.8 Å². The first-order chi connectivity index (χ1) is 15.7. The van der Waals surface area contributed by atoms with Gasteiger partial charge < -0.3 is 14.8 Å². The third-order valence-corrected chi connectivity index (χ3v) is 7.22. The summed E-state index contributed by atoms with van der Waals surface area (Å²) in [6.45, 7) is 4.29. The van der Waals surface area contributed by atoms with E-state index >= 15 is 0 Å². The number of carbonyl (C=O) groups excluding carboxylic acids is 2. The maximum Gasteiger partial charge on any atom is 0.251 e. The number of hydrogen-bond acceptors (Lipinski definition) is 3. The summed E-state index contributed by atoms with van der Waals surface area (Å²) in [5.41, 5.74) is 1.79. The molecule has 32 heavy (non-hydrogen) atoms. The van der Waals surface area contributed by atoms with E-state index in [1.807, 2.05) is 42.5 Å². The number of nitrogens with one attached hydrogen (secondary N) is 1. The van der Waals surface area contributed by atoms with Crippen LogP contribution in [0, 0.1) is 0 Å². The lowest BCUT2D eigenvalue weighted by molar-refractivity contribution is -0.132. The summed E-state index contributed by atoms with van der Waals surface area (Å²) in [6.07, 6.45) is 6.61. The van der Waals surface area contributed by atoms with Gasteiger partial charge >= 0.3 is 0 Å². The lowest BCUT2D eigenvalue weighted by atomic mass is 10.0. The molecule has 1 saturated heterocycles. The highest BCUT2D eigenvalue weighted by Gasteiger charge is 2.25. The number of rotatable bonds is 8. The normalized spacial score (nSPS) is 16.3. The molecule has 0 bridgehead atoms. The number of nitrogens with zero attached hydrogens (tertiary/aromatic N) is 2. The van der Waals surface area contributed by atoms with E-state index in [9.17, 15) is 9.59 Å². The molecule has 4 rings (SSSR count). The smallest absolute Gasteiger partial charge is 0.251 e. The average Bonchev–Trinajstić information content (AvgIpc) is 3.20. The number of aromatic nitrogens is 1. The van der Waals surface area contributed by atoms with Crippen molar-refractivity contribution in [2.45, 2.75) is 50.1 Å². The number of thioether (sulfide) groups is 1. The third kappa shape index (κ3) is 5.18. The number of benzene rings is 2. The van der Waals surface area contributed by atoms with Gasteiger partial charge in [-0.25, -0.2) is 0 Å². The molecule has 1 unspecified atom stereocenters. The molecule has 1 atom stereocenters. The summed E-state index contributed by atoms with van der Waals surface area (Å²) in [4.78, 5) is 28.4. The van der Waals surface area contributed by atoms with E-state index in [0.717, 1.165) is 41.6 Å². The Labute approximate surface area is 194 Å². The average molecular weight is 450 g/mol. The number of hydrogen-bond donors (Lipinski definition) is 1. The van der Waals surface area contributed by atoms with Crippen molar-refractivity contribution in [3.8, 4) is 0 Å². The third-order valence-electron chi connectivity index (χ3n) is 6.20. The molecule has 6 heteroatoms. The molecule has 168 valence electrons. The van der Waals surface area contributed by atoms with Crippen LogP contribution in [0.15, 0.2) is 65.7 Å². The number of piperidine rings is 1. The number of likely N-dealkylation sites (tertiary alicyclic amines) is 1. The Bertz CT molecular complexity index is 1060. The van der Waals surface area contributed by atoms with Crippen LogP contribution in [0.5, 0.6) is 0 Å². The molecule has 2 heterocycles. The van der Waals surface area contributed by atoms with Gasteiger partial charge in [0.05, 0.1) is 5.75 Å². The maximum absolute atomic E-state index is 12.9. The molecular formula is C26H31N3O2S. The molecule has 2 aromatic carbocycles. The lowest BCUT2D eigenvalue weighted by Gasteiger charge is -2.35. The van der Waals surface area contributed by atoms with Crippen LogP contribution < -0.4 is 5.32 Å². The molecule has 0 radical (unpaired) electrons. The van der Waals surface area contributed by atoms with Crippen molar-refractivity contribution in [1.82, 2.24) is 14.8 Å². The molecule has 0 saturated carbocycles. The van der Waals surface area contributed by atoms with Crippen molar-refractivity contribution in [2.75, 3.05) is 18.8 Å². The Kier molecular flexibility index (Phi) is 7.53. The van der Waals surface area contributed by atoms with Crippen LogP contribution in [0.1, 0.15) is 43.0 Å². The second-order valence-electron chi connectivity index (χ2n) is 8.26. The lowest BCUT2D eigenvalue weighted by Crippen LogP contribution is -2.44. The highest BCUT2D eigenvalue weighted by atomic mass is 32.2. The minimum absolute atomic E-state index is 0.0609. The summed E-state index contributed by atoms with van der Waals surface area (Å²) >= 11 is 1.62.